The molecule has 0 radical (unpaired) electrons. The molecule has 5 N–H and O–H groups in total. The number of aromatic nitrogens is 6. The van der Waals surface area contributed by atoms with Crippen LogP contribution in [0.2, 0.25) is 0 Å². The Balaban J connectivity index is 1.48. The Morgan fingerprint density at radius 3 is 2.68 bits per heavy atom. The second kappa shape index (κ2) is 11.5. The van der Waals surface area contributed by atoms with Crippen LogP contribution in [-0.4, -0.2) is 41.3 Å². The zero-order valence-corrected chi connectivity index (χ0v) is 24.5. The monoisotopic (exact) mass is 597 g/mol. The van der Waals surface area contributed by atoms with Gasteiger partial charge in [0.25, 0.3) is 5.56 Å². The molecule has 3 aromatic heterocycles. The van der Waals surface area contributed by atoms with Gasteiger partial charge in [-0.25, -0.2) is 4.39 Å². The Bertz CT molecular complexity index is 1950. The SMILES string of the molecule is CC(C)[C@H](N)C(=O)OCc1c(-c2nc(N)nc(Nc3cnn(C)c3)n2)cccc1-n1ccc2cc(C3CC3)cc(F)c2c1=O. The number of anilines is 3. The summed E-state index contributed by atoms with van der Waals surface area (Å²) in [5.41, 5.74) is 14.3. The second-order valence-electron chi connectivity index (χ2n) is 11.3. The summed E-state index contributed by atoms with van der Waals surface area (Å²) in [5.74, 6) is -0.754. The molecule has 2 aromatic carbocycles. The van der Waals surface area contributed by atoms with Crippen LogP contribution in [0.25, 0.3) is 27.8 Å². The number of ether oxygens (including phenoxy) is 1. The number of pyridine rings is 1. The Labute approximate surface area is 251 Å². The van der Waals surface area contributed by atoms with Crippen LogP contribution in [0.1, 0.15) is 43.7 Å². The summed E-state index contributed by atoms with van der Waals surface area (Å²) < 4.78 is 24.0. The number of hydrogen-bond acceptors (Lipinski definition) is 10. The van der Waals surface area contributed by atoms with Crippen molar-refractivity contribution in [3.63, 3.8) is 0 Å². The van der Waals surface area contributed by atoms with Gasteiger partial charge in [0.2, 0.25) is 11.9 Å². The van der Waals surface area contributed by atoms with Gasteiger partial charge in [0.1, 0.15) is 18.5 Å². The van der Waals surface area contributed by atoms with Gasteiger partial charge in [-0.1, -0.05) is 32.0 Å². The molecule has 226 valence electrons. The van der Waals surface area contributed by atoms with Crippen LogP contribution in [0.3, 0.4) is 0 Å². The molecule has 0 spiro atoms. The summed E-state index contributed by atoms with van der Waals surface area (Å²) in [6, 6.07) is 9.27. The lowest BCUT2D eigenvalue weighted by Gasteiger charge is -2.19. The predicted molar refractivity (Wildman–Crippen MR) is 164 cm³/mol. The molecule has 6 rings (SSSR count). The van der Waals surface area contributed by atoms with Crippen LogP contribution < -0.4 is 22.3 Å². The standard InChI is InChI=1S/C31H32FN9O3/c1-16(2)26(33)29(43)44-15-22-21(27-37-30(34)39-31(38-27)36-20-13-35-40(3)14-20)5-4-6-24(22)41-10-9-18-11-19(17-7-8-17)12-23(32)25(18)28(41)42/h4-6,9-14,16-17,26H,7-8,15,33H2,1-3H3,(H3,34,36,37,38,39)/t26-/m0/s1. The van der Waals surface area contributed by atoms with Crippen molar-refractivity contribution in [1.29, 1.82) is 0 Å². The van der Waals surface area contributed by atoms with Gasteiger partial charge in [-0.15, -0.1) is 0 Å². The number of nitrogens with zero attached hydrogens (tertiary/aromatic N) is 6. The number of fused-ring (bicyclic) bond motifs is 1. The lowest BCUT2D eigenvalue weighted by Crippen LogP contribution is -2.37. The van der Waals surface area contributed by atoms with Gasteiger partial charge in [-0.05, 0) is 53.8 Å². The molecule has 0 bridgehead atoms. The van der Waals surface area contributed by atoms with Crippen LogP contribution in [0.15, 0.2) is 59.8 Å². The maximum Gasteiger partial charge on any atom is 0.323 e. The first-order valence-electron chi connectivity index (χ1n) is 14.3. The fourth-order valence-electron chi connectivity index (χ4n) is 5.05. The molecule has 0 saturated heterocycles. The third kappa shape index (κ3) is 5.73. The summed E-state index contributed by atoms with van der Waals surface area (Å²) in [5, 5.41) is 7.67. The van der Waals surface area contributed by atoms with Crippen molar-refractivity contribution < 1.29 is 13.9 Å². The maximum absolute atomic E-state index is 15.4. The highest BCUT2D eigenvalue weighted by Crippen LogP contribution is 2.41. The molecular weight excluding hydrogens is 565 g/mol. The van der Waals surface area contributed by atoms with Crippen molar-refractivity contribution in [2.45, 2.75) is 45.3 Å². The molecule has 1 aliphatic carbocycles. The van der Waals surface area contributed by atoms with E-state index in [9.17, 15) is 9.59 Å². The largest absolute Gasteiger partial charge is 0.460 e. The molecule has 1 saturated carbocycles. The van der Waals surface area contributed by atoms with Gasteiger partial charge in [0.15, 0.2) is 5.82 Å². The van der Waals surface area contributed by atoms with Gasteiger partial charge in [-0.2, -0.15) is 20.1 Å². The summed E-state index contributed by atoms with van der Waals surface area (Å²) >= 11 is 0. The van der Waals surface area contributed by atoms with Crippen LogP contribution in [0, 0.1) is 11.7 Å². The zero-order chi connectivity index (χ0) is 31.1. The normalized spacial score (nSPS) is 13.8. The molecule has 0 aliphatic heterocycles. The first-order valence-corrected chi connectivity index (χ1v) is 14.3. The number of halogens is 1. The van der Waals surface area contributed by atoms with Gasteiger partial charge >= 0.3 is 5.97 Å². The molecule has 0 unspecified atom stereocenters. The lowest BCUT2D eigenvalue weighted by atomic mass is 10.0. The van der Waals surface area contributed by atoms with E-state index in [1.165, 1.54) is 10.6 Å². The molecule has 13 heteroatoms. The van der Waals surface area contributed by atoms with Gasteiger partial charge in [-0.3, -0.25) is 18.8 Å². The highest BCUT2D eigenvalue weighted by atomic mass is 19.1. The first-order chi connectivity index (χ1) is 21.1. The lowest BCUT2D eigenvalue weighted by molar-refractivity contribution is -0.147. The average molecular weight is 598 g/mol. The minimum absolute atomic E-state index is 0.0283. The van der Waals surface area contributed by atoms with E-state index in [4.69, 9.17) is 16.2 Å². The fourth-order valence-corrected chi connectivity index (χ4v) is 5.05. The van der Waals surface area contributed by atoms with E-state index in [1.54, 1.807) is 54.6 Å². The third-order valence-electron chi connectivity index (χ3n) is 7.64. The Morgan fingerprint density at radius 1 is 1.18 bits per heavy atom. The van der Waals surface area contributed by atoms with Crippen LogP contribution in [0.4, 0.5) is 22.0 Å². The minimum atomic E-state index is -0.855. The molecular formula is C31H32FN9O3. The number of aryl methyl sites for hydroxylation is 1. The van der Waals surface area contributed by atoms with Gasteiger partial charge < -0.3 is 21.5 Å². The number of benzene rings is 2. The van der Waals surface area contributed by atoms with E-state index in [2.05, 4.69) is 25.4 Å². The van der Waals surface area contributed by atoms with E-state index < -0.39 is 23.4 Å². The van der Waals surface area contributed by atoms with Crippen molar-refractivity contribution in [2.75, 3.05) is 11.1 Å². The molecule has 44 heavy (non-hydrogen) atoms. The molecule has 1 fully saturated rings. The number of hydrogen-bond donors (Lipinski definition) is 3. The number of nitrogen functional groups attached to an aromatic ring is 1. The summed E-state index contributed by atoms with van der Waals surface area (Å²) in [6.45, 7) is 3.36. The first kappa shape index (κ1) is 28.9. The molecule has 5 aromatic rings. The topological polar surface area (TPSA) is 169 Å². The van der Waals surface area contributed by atoms with Crippen molar-refractivity contribution >= 4 is 34.3 Å². The fraction of sp³-hybridized carbons (Fsp3) is 0.290. The summed E-state index contributed by atoms with van der Waals surface area (Å²) in [7, 11) is 1.77. The van der Waals surface area contributed by atoms with E-state index in [0.29, 0.717) is 33.8 Å². The Hall–Kier alpha value is -5.17. The second-order valence-corrected chi connectivity index (χ2v) is 11.3. The highest BCUT2D eigenvalue weighted by molar-refractivity contribution is 5.84. The predicted octanol–water partition coefficient (Wildman–Crippen LogP) is 3.95. The van der Waals surface area contributed by atoms with Gasteiger partial charge in [0, 0.05) is 30.6 Å². The summed E-state index contributed by atoms with van der Waals surface area (Å²) in [6.07, 6.45) is 6.95. The number of rotatable bonds is 9. The molecule has 0 amide bonds. The highest BCUT2D eigenvalue weighted by Gasteiger charge is 2.26. The Kier molecular flexibility index (Phi) is 7.55. The number of nitrogens with one attached hydrogen (secondary N) is 1. The van der Waals surface area contributed by atoms with Crippen molar-refractivity contribution in [3.05, 3.63) is 82.3 Å². The van der Waals surface area contributed by atoms with Crippen molar-refractivity contribution in [3.8, 4) is 17.1 Å². The van der Waals surface area contributed by atoms with Crippen LogP contribution >= 0.6 is 0 Å². The molecule has 3 heterocycles. The minimum Gasteiger partial charge on any atom is -0.460 e. The number of nitrogens with two attached hydrogens (primary N) is 2. The van der Waals surface area contributed by atoms with E-state index in [-0.39, 0.29) is 35.6 Å². The van der Waals surface area contributed by atoms with Gasteiger partial charge in [0.05, 0.1) is 23.0 Å². The van der Waals surface area contributed by atoms with Crippen LogP contribution in [-0.2, 0) is 23.2 Å². The average Bonchev–Trinajstić information content (AvgIpc) is 3.76. The van der Waals surface area contributed by atoms with Crippen LogP contribution in [0.5, 0.6) is 0 Å². The maximum atomic E-state index is 15.4. The van der Waals surface area contributed by atoms with Crippen molar-refractivity contribution in [2.24, 2.45) is 18.7 Å². The molecule has 12 nitrogen and oxygen atoms in total. The number of carbonyl (C=O) groups excluding carboxylic acids is 1. The van der Waals surface area contributed by atoms with Crippen molar-refractivity contribution in [1.82, 2.24) is 29.3 Å². The third-order valence-corrected chi connectivity index (χ3v) is 7.64. The number of carbonyl (C=O) groups is 1. The van der Waals surface area contributed by atoms with E-state index in [0.717, 1.165) is 18.4 Å². The van der Waals surface area contributed by atoms with E-state index in [1.807, 2.05) is 19.9 Å². The molecule has 1 aliphatic rings. The van der Waals surface area contributed by atoms with E-state index >= 15 is 4.39 Å². The zero-order valence-electron chi connectivity index (χ0n) is 24.5. The number of esters is 1. The quantitative estimate of drug-likeness (QED) is 0.212. The molecule has 1 atom stereocenters. The Morgan fingerprint density at radius 2 is 1.98 bits per heavy atom. The summed E-state index contributed by atoms with van der Waals surface area (Å²) in [4.78, 5) is 39.7. The smallest absolute Gasteiger partial charge is 0.323 e.